The number of aromatic nitrogens is 4. The van der Waals surface area contributed by atoms with Crippen LogP contribution in [0.4, 0.5) is 5.95 Å². The first-order chi connectivity index (χ1) is 15.2. The molecule has 0 saturated heterocycles. The van der Waals surface area contributed by atoms with E-state index in [1.54, 1.807) is 6.20 Å². The van der Waals surface area contributed by atoms with Crippen LogP contribution in [0.3, 0.4) is 0 Å². The number of halogens is 1. The van der Waals surface area contributed by atoms with Crippen molar-refractivity contribution in [1.82, 2.24) is 19.7 Å². The van der Waals surface area contributed by atoms with Crippen LogP contribution in [-0.2, 0) is 19.9 Å². The van der Waals surface area contributed by atoms with E-state index < -0.39 is 0 Å². The number of nitrogens with zero attached hydrogens (tertiary/aromatic N) is 4. The van der Waals surface area contributed by atoms with Gasteiger partial charge >= 0.3 is 0 Å². The van der Waals surface area contributed by atoms with Crippen LogP contribution in [0.2, 0.25) is 5.02 Å². The first-order valence-corrected chi connectivity index (χ1v) is 11.9. The fourth-order valence-corrected chi connectivity index (χ4v) is 4.96. The fourth-order valence-electron chi connectivity index (χ4n) is 4.76. The molecule has 1 aromatic carbocycles. The molecule has 0 radical (unpaired) electrons. The molecule has 0 bridgehead atoms. The molecule has 5 rings (SSSR count). The van der Waals surface area contributed by atoms with E-state index in [1.165, 1.54) is 43.4 Å². The first kappa shape index (κ1) is 20.5. The maximum absolute atomic E-state index is 6.51. The third-order valence-corrected chi connectivity index (χ3v) is 7.06. The number of benzene rings is 1. The Morgan fingerprint density at radius 1 is 0.968 bits per heavy atom. The predicted octanol–water partition coefficient (Wildman–Crippen LogP) is 5.70. The predicted molar refractivity (Wildman–Crippen MR) is 125 cm³/mol. The van der Waals surface area contributed by atoms with Crippen LogP contribution in [-0.4, -0.2) is 25.8 Å². The van der Waals surface area contributed by atoms with Crippen molar-refractivity contribution in [2.24, 2.45) is 18.9 Å². The summed E-state index contributed by atoms with van der Waals surface area (Å²) in [7, 11) is 2.00. The molecule has 0 amide bonds. The molecule has 2 aliphatic rings. The number of hydrogen-bond acceptors (Lipinski definition) is 4. The average molecular weight is 436 g/mol. The molecule has 0 aliphatic heterocycles. The van der Waals surface area contributed by atoms with Crippen LogP contribution in [0.15, 0.2) is 42.7 Å². The molecule has 0 unspecified atom stereocenters. The second-order valence-electron chi connectivity index (χ2n) is 9.22. The summed E-state index contributed by atoms with van der Waals surface area (Å²) in [6.45, 7) is 0. The van der Waals surface area contributed by atoms with Crippen molar-refractivity contribution >= 4 is 17.5 Å². The number of aryl methyl sites for hydroxylation is 1. The molecular weight excluding hydrogens is 406 g/mol. The normalized spacial score (nSPS) is 21.2. The third kappa shape index (κ3) is 4.93. The zero-order chi connectivity index (χ0) is 21.2. The van der Waals surface area contributed by atoms with Gasteiger partial charge in [0.2, 0.25) is 5.95 Å². The molecule has 2 fully saturated rings. The van der Waals surface area contributed by atoms with E-state index in [1.807, 2.05) is 17.9 Å². The van der Waals surface area contributed by atoms with Crippen molar-refractivity contribution in [3.63, 3.8) is 0 Å². The van der Waals surface area contributed by atoms with Gasteiger partial charge in [-0.05, 0) is 68.8 Å². The summed E-state index contributed by atoms with van der Waals surface area (Å²) in [4.78, 5) is 9.29. The molecule has 31 heavy (non-hydrogen) atoms. The van der Waals surface area contributed by atoms with Gasteiger partial charge in [0.25, 0.3) is 0 Å². The molecule has 5 nitrogen and oxygen atoms in total. The molecule has 2 aromatic heterocycles. The smallest absolute Gasteiger partial charge is 0.223 e. The van der Waals surface area contributed by atoms with Crippen LogP contribution < -0.4 is 5.32 Å². The van der Waals surface area contributed by atoms with Crippen LogP contribution in [0.25, 0.3) is 11.3 Å². The zero-order valence-corrected chi connectivity index (χ0v) is 18.9. The number of anilines is 1. The lowest BCUT2D eigenvalue weighted by Crippen LogP contribution is -2.27. The van der Waals surface area contributed by atoms with Gasteiger partial charge in [-0.15, -0.1) is 0 Å². The summed E-state index contributed by atoms with van der Waals surface area (Å²) in [5.74, 6) is 2.22. The van der Waals surface area contributed by atoms with E-state index in [2.05, 4.69) is 45.7 Å². The lowest BCUT2D eigenvalue weighted by atomic mass is 9.82. The van der Waals surface area contributed by atoms with Crippen molar-refractivity contribution in [2.45, 2.75) is 57.4 Å². The summed E-state index contributed by atoms with van der Waals surface area (Å²) in [6, 6.07) is 11.3. The van der Waals surface area contributed by atoms with Crippen molar-refractivity contribution < 1.29 is 0 Å². The summed E-state index contributed by atoms with van der Waals surface area (Å²) in [6.07, 6.45) is 13.2. The van der Waals surface area contributed by atoms with E-state index in [0.717, 1.165) is 42.4 Å². The first-order valence-electron chi connectivity index (χ1n) is 11.5. The second-order valence-corrected chi connectivity index (χ2v) is 9.63. The Labute approximate surface area is 189 Å². The Kier molecular flexibility index (Phi) is 5.95. The van der Waals surface area contributed by atoms with Gasteiger partial charge in [-0.25, -0.2) is 9.97 Å². The Bertz CT molecular complexity index is 1020. The molecular formula is C25H30ClN5. The standard InChI is InChI=1S/C25H30ClN5/c1-31-23(14-19-7-8-19)21(15-28-31)24-22(26)16-27-25(30-24)29-20-11-9-18(10-12-20)13-17-5-3-2-4-6-17/h2-6,15-16,18-20H,7-14H2,1H3,(H,27,29,30)/t18-,20+. The Hall–Kier alpha value is -2.40. The highest BCUT2D eigenvalue weighted by Gasteiger charge is 2.27. The maximum atomic E-state index is 6.51. The third-order valence-electron chi connectivity index (χ3n) is 6.79. The van der Waals surface area contributed by atoms with Crippen LogP contribution in [0.1, 0.15) is 49.8 Å². The molecule has 1 N–H and O–H groups in total. The highest BCUT2D eigenvalue weighted by Crippen LogP contribution is 2.37. The van der Waals surface area contributed by atoms with Crippen LogP contribution >= 0.6 is 11.6 Å². The van der Waals surface area contributed by atoms with E-state index in [4.69, 9.17) is 16.6 Å². The molecule has 2 aliphatic carbocycles. The van der Waals surface area contributed by atoms with Gasteiger partial charge < -0.3 is 5.32 Å². The molecule has 162 valence electrons. The highest BCUT2D eigenvalue weighted by atomic mass is 35.5. The van der Waals surface area contributed by atoms with Gasteiger partial charge in [-0.1, -0.05) is 41.9 Å². The molecule has 2 saturated carbocycles. The van der Waals surface area contributed by atoms with Gasteiger partial charge in [0.1, 0.15) is 0 Å². The minimum Gasteiger partial charge on any atom is -0.351 e. The van der Waals surface area contributed by atoms with Gasteiger partial charge in [0, 0.05) is 24.3 Å². The molecule has 0 atom stereocenters. The van der Waals surface area contributed by atoms with Crippen LogP contribution in [0.5, 0.6) is 0 Å². The average Bonchev–Trinajstić information content (AvgIpc) is 3.54. The summed E-state index contributed by atoms with van der Waals surface area (Å²) >= 11 is 6.51. The monoisotopic (exact) mass is 435 g/mol. The summed E-state index contributed by atoms with van der Waals surface area (Å²) < 4.78 is 1.97. The Morgan fingerprint density at radius 3 is 2.42 bits per heavy atom. The lowest BCUT2D eigenvalue weighted by Gasteiger charge is -2.29. The fraction of sp³-hybridized carbons (Fsp3) is 0.480. The molecule has 6 heteroatoms. The van der Waals surface area contributed by atoms with E-state index in [0.29, 0.717) is 17.0 Å². The van der Waals surface area contributed by atoms with Gasteiger partial charge in [0.15, 0.2) is 0 Å². The SMILES string of the molecule is Cn1ncc(-c2nc(N[C@H]3CC[C@@H](Cc4ccccc4)CC3)ncc2Cl)c1CC1CC1. The number of hydrogen-bond donors (Lipinski definition) is 1. The zero-order valence-electron chi connectivity index (χ0n) is 18.1. The summed E-state index contributed by atoms with van der Waals surface area (Å²) in [5, 5.41) is 8.64. The number of nitrogens with one attached hydrogen (secondary N) is 1. The minimum absolute atomic E-state index is 0.417. The number of rotatable bonds is 7. The quantitative estimate of drug-likeness (QED) is 0.517. The molecule has 3 aromatic rings. The molecule has 2 heterocycles. The van der Waals surface area contributed by atoms with Gasteiger partial charge in [-0.3, -0.25) is 4.68 Å². The Morgan fingerprint density at radius 2 is 1.68 bits per heavy atom. The van der Waals surface area contributed by atoms with Gasteiger partial charge in [0.05, 0.1) is 23.1 Å². The largest absolute Gasteiger partial charge is 0.351 e. The summed E-state index contributed by atoms with van der Waals surface area (Å²) in [5.41, 5.74) is 4.50. The highest BCUT2D eigenvalue weighted by molar-refractivity contribution is 6.32. The van der Waals surface area contributed by atoms with Crippen molar-refractivity contribution in [1.29, 1.82) is 0 Å². The van der Waals surface area contributed by atoms with Crippen molar-refractivity contribution in [3.05, 3.63) is 59.0 Å². The Balaban J connectivity index is 1.24. The minimum atomic E-state index is 0.417. The van der Waals surface area contributed by atoms with E-state index in [9.17, 15) is 0 Å². The lowest BCUT2D eigenvalue weighted by molar-refractivity contribution is 0.335. The van der Waals surface area contributed by atoms with E-state index >= 15 is 0 Å². The molecule has 0 spiro atoms. The van der Waals surface area contributed by atoms with E-state index in [-0.39, 0.29) is 0 Å². The van der Waals surface area contributed by atoms with Crippen molar-refractivity contribution in [2.75, 3.05) is 5.32 Å². The second kappa shape index (κ2) is 8.99. The maximum Gasteiger partial charge on any atom is 0.223 e. The van der Waals surface area contributed by atoms with Crippen LogP contribution in [0, 0.1) is 11.8 Å². The van der Waals surface area contributed by atoms with Gasteiger partial charge in [-0.2, -0.15) is 5.10 Å². The van der Waals surface area contributed by atoms with Crippen molar-refractivity contribution in [3.8, 4) is 11.3 Å². The topological polar surface area (TPSA) is 55.6 Å².